The van der Waals surface area contributed by atoms with E-state index in [2.05, 4.69) is 10.3 Å². The molecule has 0 fully saturated rings. The van der Waals surface area contributed by atoms with E-state index in [-0.39, 0.29) is 19.0 Å². The Kier molecular flexibility index (Phi) is 6.47. The first kappa shape index (κ1) is 19.4. The summed E-state index contributed by atoms with van der Waals surface area (Å²) in [5.74, 6) is 0.174. The molecule has 0 bridgehead atoms. The van der Waals surface area contributed by atoms with Gasteiger partial charge in [0.05, 0.1) is 18.7 Å². The highest BCUT2D eigenvalue weighted by molar-refractivity contribution is 6.31. The molecule has 0 saturated carbocycles. The van der Waals surface area contributed by atoms with Crippen LogP contribution in [0.5, 0.6) is 5.75 Å². The Labute approximate surface area is 162 Å². The van der Waals surface area contributed by atoms with Gasteiger partial charge in [-0.05, 0) is 42.5 Å². The number of aromatic nitrogens is 1. The number of nitrogens with one attached hydrogen (secondary N) is 1. The maximum atomic E-state index is 10.2. The second kappa shape index (κ2) is 9.01. The number of halogens is 1. The Balaban J connectivity index is 1.86. The second-order valence-corrected chi connectivity index (χ2v) is 6.65. The molecule has 6 nitrogen and oxygen atoms in total. The smallest absolute Gasteiger partial charge is 0.120 e. The van der Waals surface area contributed by atoms with Crippen molar-refractivity contribution in [2.24, 2.45) is 0 Å². The maximum absolute atomic E-state index is 10.2. The quantitative estimate of drug-likeness (QED) is 0.444. The summed E-state index contributed by atoms with van der Waals surface area (Å²) < 4.78 is 0. The highest BCUT2D eigenvalue weighted by Crippen LogP contribution is 2.29. The van der Waals surface area contributed by atoms with Gasteiger partial charge in [0.15, 0.2) is 0 Å². The van der Waals surface area contributed by atoms with Gasteiger partial charge in [-0.25, -0.2) is 0 Å². The molecule has 27 heavy (non-hydrogen) atoms. The molecule has 1 heterocycles. The number of fused-ring (bicyclic) bond motifs is 1. The third-order valence-corrected chi connectivity index (χ3v) is 4.52. The van der Waals surface area contributed by atoms with Crippen LogP contribution in [0.25, 0.3) is 10.9 Å². The Morgan fingerprint density at radius 1 is 1.00 bits per heavy atom. The number of rotatable bonds is 8. The van der Waals surface area contributed by atoms with E-state index in [1.54, 1.807) is 18.3 Å². The van der Waals surface area contributed by atoms with Crippen molar-refractivity contribution in [2.45, 2.75) is 6.54 Å². The van der Waals surface area contributed by atoms with E-state index in [0.29, 0.717) is 30.2 Å². The van der Waals surface area contributed by atoms with Crippen LogP contribution in [0, 0.1) is 0 Å². The molecular weight excluding hydrogens is 366 g/mol. The number of nitrogens with zero attached hydrogens (tertiary/aromatic N) is 2. The molecule has 0 radical (unpaired) electrons. The lowest BCUT2D eigenvalue weighted by Crippen LogP contribution is -2.29. The van der Waals surface area contributed by atoms with Gasteiger partial charge in [0, 0.05) is 53.2 Å². The lowest BCUT2D eigenvalue weighted by atomic mass is 10.1. The summed E-state index contributed by atoms with van der Waals surface area (Å²) in [4.78, 5) is 6.22. The summed E-state index contributed by atoms with van der Waals surface area (Å²) in [5, 5.41) is 33.5. The van der Waals surface area contributed by atoms with Gasteiger partial charge in [-0.3, -0.25) is 9.88 Å². The largest absolute Gasteiger partial charge is 0.508 e. The summed E-state index contributed by atoms with van der Waals surface area (Å²) in [5.41, 5.74) is 3.21. The molecule has 0 unspecified atom stereocenters. The lowest BCUT2D eigenvalue weighted by molar-refractivity contribution is 0.155. The third-order valence-electron chi connectivity index (χ3n) is 4.29. The number of phenols is 1. The molecule has 0 spiro atoms. The SMILES string of the molecule is OCCN(CCO)Cc1cc(Nc2ccnc3cc(Cl)ccc23)ccc1O. The molecule has 1 aromatic heterocycles. The van der Waals surface area contributed by atoms with Gasteiger partial charge in [-0.15, -0.1) is 0 Å². The molecule has 7 heteroatoms. The zero-order valence-electron chi connectivity index (χ0n) is 14.8. The third kappa shape index (κ3) is 4.87. The lowest BCUT2D eigenvalue weighted by Gasteiger charge is -2.21. The number of hydrogen-bond acceptors (Lipinski definition) is 6. The number of benzene rings is 2. The fourth-order valence-corrected chi connectivity index (χ4v) is 3.14. The van der Waals surface area contributed by atoms with Gasteiger partial charge in [0.25, 0.3) is 0 Å². The molecule has 0 atom stereocenters. The predicted octanol–water partition coefficient (Wildman–Crippen LogP) is 3.12. The van der Waals surface area contributed by atoms with Crippen molar-refractivity contribution in [3.05, 3.63) is 59.2 Å². The molecule has 0 aliphatic heterocycles. The van der Waals surface area contributed by atoms with Crippen LogP contribution in [0.1, 0.15) is 5.56 Å². The Morgan fingerprint density at radius 3 is 2.52 bits per heavy atom. The minimum absolute atomic E-state index is 0.00966. The van der Waals surface area contributed by atoms with Gasteiger partial charge in [0.2, 0.25) is 0 Å². The van der Waals surface area contributed by atoms with E-state index in [1.165, 1.54) is 0 Å². The summed E-state index contributed by atoms with van der Waals surface area (Å²) in [6.07, 6.45) is 1.71. The van der Waals surface area contributed by atoms with Crippen LogP contribution in [-0.2, 0) is 6.54 Å². The van der Waals surface area contributed by atoms with E-state index in [4.69, 9.17) is 21.8 Å². The van der Waals surface area contributed by atoms with E-state index < -0.39 is 0 Å². The summed E-state index contributed by atoms with van der Waals surface area (Å²) in [7, 11) is 0. The van der Waals surface area contributed by atoms with Gasteiger partial charge < -0.3 is 20.6 Å². The van der Waals surface area contributed by atoms with Crippen molar-refractivity contribution >= 4 is 33.9 Å². The zero-order chi connectivity index (χ0) is 19.2. The number of aliphatic hydroxyl groups excluding tert-OH is 2. The molecule has 4 N–H and O–H groups in total. The summed E-state index contributed by atoms with van der Waals surface area (Å²) >= 11 is 6.04. The van der Waals surface area contributed by atoms with Crippen molar-refractivity contribution in [3.63, 3.8) is 0 Å². The van der Waals surface area contributed by atoms with Crippen LogP contribution in [0.2, 0.25) is 5.02 Å². The van der Waals surface area contributed by atoms with Crippen molar-refractivity contribution in [2.75, 3.05) is 31.6 Å². The van der Waals surface area contributed by atoms with E-state index in [0.717, 1.165) is 22.3 Å². The molecule has 3 aromatic rings. The molecule has 0 amide bonds. The van der Waals surface area contributed by atoms with Gasteiger partial charge in [-0.2, -0.15) is 0 Å². The monoisotopic (exact) mass is 387 g/mol. The normalized spacial score (nSPS) is 11.3. The minimum Gasteiger partial charge on any atom is -0.508 e. The maximum Gasteiger partial charge on any atom is 0.120 e. The molecule has 3 rings (SSSR count). The van der Waals surface area contributed by atoms with Gasteiger partial charge in [-0.1, -0.05) is 11.6 Å². The average Bonchev–Trinajstić information content (AvgIpc) is 2.65. The zero-order valence-corrected chi connectivity index (χ0v) is 15.5. The topological polar surface area (TPSA) is 88.9 Å². The van der Waals surface area contributed by atoms with Crippen LogP contribution in [0.4, 0.5) is 11.4 Å². The van der Waals surface area contributed by atoms with Crippen LogP contribution in [-0.4, -0.2) is 51.5 Å². The van der Waals surface area contributed by atoms with Crippen molar-refractivity contribution < 1.29 is 15.3 Å². The first-order chi connectivity index (χ1) is 13.1. The number of hydrogen-bond donors (Lipinski definition) is 4. The number of phenolic OH excluding ortho intramolecular Hbond substituents is 1. The number of anilines is 2. The molecule has 0 aliphatic carbocycles. The first-order valence-corrected chi connectivity index (χ1v) is 9.06. The van der Waals surface area contributed by atoms with Gasteiger partial charge >= 0.3 is 0 Å². The molecule has 0 saturated heterocycles. The Bertz CT molecular complexity index is 914. The summed E-state index contributed by atoms with van der Waals surface area (Å²) in [6, 6.07) is 12.7. The van der Waals surface area contributed by atoms with Crippen LogP contribution in [0.3, 0.4) is 0 Å². The number of pyridine rings is 1. The highest BCUT2D eigenvalue weighted by atomic mass is 35.5. The minimum atomic E-state index is -0.00966. The second-order valence-electron chi connectivity index (χ2n) is 6.21. The van der Waals surface area contributed by atoms with Crippen LogP contribution >= 0.6 is 11.6 Å². The highest BCUT2D eigenvalue weighted by Gasteiger charge is 2.10. The Morgan fingerprint density at radius 2 is 1.78 bits per heavy atom. The number of aliphatic hydroxyl groups is 2. The molecule has 0 aliphatic rings. The van der Waals surface area contributed by atoms with Gasteiger partial charge in [0.1, 0.15) is 5.75 Å². The standard InChI is InChI=1S/C20H22ClN3O3/c21-15-1-3-17-18(5-6-22-19(17)12-15)23-16-2-4-20(27)14(11-16)13-24(7-9-25)8-10-26/h1-6,11-12,25-27H,7-10,13H2,(H,22,23). The predicted molar refractivity (Wildman–Crippen MR) is 108 cm³/mol. The van der Waals surface area contributed by atoms with E-state index in [1.807, 2.05) is 35.2 Å². The first-order valence-electron chi connectivity index (χ1n) is 8.68. The van der Waals surface area contributed by atoms with E-state index in [9.17, 15) is 5.11 Å². The fourth-order valence-electron chi connectivity index (χ4n) is 2.97. The van der Waals surface area contributed by atoms with Crippen molar-refractivity contribution in [1.82, 2.24) is 9.88 Å². The summed E-state index contributed by atoms with van der Waals surface area (Å²) in [6.45, 7) is 1.25. The molecule has 142 valence electrons. The van der Waals surface area contributed by atoms with Crippen LogP contribution in [0.15, 0.2) is 48.7 Å². The van der Waals surface area contributed by atoms with E-state index >= 15 is 0 Å². The fraction of sp³-hybridized carbons (Fsp3) is 0.250. The van der Waals surface area contributed by atoms with Crippen molar-refractivity contribution in [1.29, 1.82) is 0 Å². The molecule has 2 aromatic carbocycles. The average molecular weight is 388 g/mol. The Hall–Kier alpha value is -2.38. The molecular formula is C20H22ClN3O3. The number of aromatic hydroxyl groups is 1. The van der Waals surface area contributed by atoms with Crippen LogP contribution < -0.4 is 5.32 Å². The van der Waals surface area contributed by atoms with Crippen molar-refractivity contribution in [3.8, 4) is 5.75 Å².